The van der Waals surface area contributed by atoms with E-state index in [1.54, 1.807) is 4.90 Å². The molecule has 1 atom stereocenters. The number of carbonyl (C=O) groups is 1. The summed E-state index contributed by atoms with van der Waals surface area (Å²) in [5, 5.41) is 12.5. The van der Waals surface area contributed by atoms with E-state index in [1.807, 2.05) is 55.5 Å². The molecule has 1 aliphatic rings. The first-order valence-corrected chi connectivity index (χ1v) is 7.83. The number of hydrogen-bond donors (Lipinski definition) is 1. The molecule has 0 aliphatic carbocycles. The lowest BCUT2D eigenvalue weighted by atomic mass is 9.91. The van der Waals surface area contributed by atoms with Crippen LogP contribution in [0.5, 0.6) is 0 Å². The molecule has 0 unspecified atom stereocenters. The Bertz CT molecular complexity index is 749. The highest BCUT2D eigenvalue weighted by atomic mass is 16.2. The Morgan fingerprint density at radius 2 is 2.04 bits per heavy atom. The van der Waals surface area contributed by atoms with E-state index in [1.165, 1.54) is 0 Å². The third kappa shape index (κ3) is 3.19. The Labute approximate surface area is 136 Å². The van der Waals surface area contributed by atoms with Gasteiger partial charge in [-0.05, 0) is 36.1 Å². The number of hydrogen-bond acceptors (Lipinski definition) is 2. The molecule has 0 aromatic heterocycles. The van der Waals surface area contributed by atoms with Crippen molar-refractivity contribution in [2.24, 2.45) is 0 Å². The summed E-state index contributed by atoms with van der Waals surface area (Å²) in [6.07, 6.45) is 0.672. The monoisotopic (exact) mass is 305 g/mol. The molecule has 2 aromatic carbocycles. The largest absolute Gasteiger partial charge is 0.322 e. The first kappa shape index (κ1) is 15.1. The van der Waals surface area contributed by atoms with Crippen molar-refractivity contribution in [3.63, 3.8) is 0 Å². The van der Waals surface area contributed by atoms with Crippen molar-refractivity contribution in [2.45, 2.75) is 25.8 Å². The van der Waals surface area contributed by atoms with Gasteiger partial charge in [-0.3, -0.25) is 0 Å². The van der Waals surface area contributed by atoms with Crippen molar-refractivity contribution >= 4 is 11.7 Å². The van der Waals surface area contributed by atoms with Gasteiger partial charge in [0, 0.05) is 18.8 Å². The Kier molecular flexibility index (Phi) is 4.29. The third-order valence-corrected chi connectivity index (χ3v) is 4.25. The molecule has 3 rings (SSSR count). The molecular formula is C19H19N3O. The zero-order valence-electron chi connectivity index (χ0n) is 13.1. The number of nitriles is 1. The van der Waals surface area contributed by atoms with E-state index < -0.39 is 0 Å². The Hall–Kier alpha value is -2.80. The summed E-state index contributed by atoms with van der Waals surface area (Å²) in [4.78, 5) is 13.7. The quantitative estimate of drug-likeness (QED) is 0.931. The molecule has 4 nitrogen and oxygen atoms in total. The summed E-state index contributed by atoms with van der Waals surface area (Å²) in [5.74, 6) is -0.219. The zero-order valence-corrected chi connectivity index (χ0v) is 13.1. The molecule has 4 heteroatoms. The van der Waals surface area contributed by atoms with Crippen LogP contribution in [0.3, 0.4) is 0 Å². The SMILES string of the molecule is CCN1Cc2ccc([C@@H](C#N)Cc3ccccc3)cc2NC1=O. The number of benzene rings is 2. The van der Waals surface area contributed by atoms with Crippen LogP contribution in [0.15, 0.2) is 48.5 Å². The summed E-state index contributed by atoms with van der Waals surface area (Å²) >= 11 is 0. The maximum atomic E-state index is 12.0. The van der Waals surface area contributed by atoms with Crippen molar-refractivity contribution in [3.8, 4) is 6.07 Å². The molecule has 1 aliphatic heterocycles. The van der Waals surface area contributed by atoms with Gasteiger partial charge in [-0.25, -0.2) is 4.79 Å². The first-order chi connectivity index (χ1) is 11.2. The second kappa shape index (κ2) is 6.53. The highest BCUT2D eigenvalue weighted by Gasteiger charge is 2.22. The van der Waals surface area contributed by atoms with Crippen LogP contribution in [0, 0.1) is 11.3 Å². The Morgan fingerprint density at radius 3 is 2.74 bits per heavy atom. The lowest BCUT2D eigenvalue weighted by Crippen LogP contribution is -2.38. The highest BCUT2D eigenvalue weighted by molar-refractivity contribution is 5.92. The van der Waals surface area contributed by atoms with Crippen molar-refractivity contribution in [3.05, 3.63) is 65.2 Å². The van der Waals surface area contributed by atoms with Crippen LogP contribution in [0.25, 0.3) is 0 Å². The van der Waals surface area contributed by atoms with E-state index in [0.29, 0.717) is 19.5 Å². The number of rotatable bonds is 4. The minimum absolute atomic E-state index is 0.0753. The van der Waals surface area contributed by atoms with Gasteiger partial charge in [0.1, 0.15) is 0 Å². The number of nitrogens with one attached hydrogen (secondary N) is 1. The zero-order chi connectivity index (χ0) is 16.2. The van der Waals surface area contributed by atoms with Gasteiger partial charge in [-0.15, -0.1) is 0 Å². The molecule has 0 fully saturated rings. The van der Waals surface area contributed by atoms with Gasteiger partial charge in [0.05, 0.1) is 12.0 Å². The van der Waals surface area contributed by atoms with Crippen molar-refractivity contribution < 1.29 is 4.79 Å². The summed E-state index contributed by atoms with van der Waals surface area (Å²) in [6, 6.07) is 18.3. The van der Waals surface area contributed by atoms with Crippen LogP contribution >= 0.6 is 0 Å². The molecule has 23 heavy (non-hydrogen) atoms. The fraction of sp³-hybridized carbons (Fsp3) is 0.263. The molecular weight excluding hydrogens is 286 g/mol. The molecule has 2 amide bonds. The van der Waals surface area contributed by atoms with Crippen LogP contribution in [0.4, 0.5) is 10.5 Å². The molecule has 0 saturated heterocycles. The number of nitrogens with zero attached hydrogens (tertiary/aromatic N) is 2. The van der Waals surface area contributed by atoms with E-state index in [2.05, 4.69) is 11.4 Å². The van der Waals surface area contributed by atoms with E-state index in [0.717, 1.165) is 22.4 Å². The minimum atomic E-state index is -0.219. The van der Waals surface area contributed by atoms with E-state index in [9.17, 15) is 10.1 Å². The van der Waals surface area contributed by atoms with Crippen LogP contribution in [0.2, 0.25) is 0 Å². The van der Waals surface area contributed by atoms with Crippen LogP contribution in [0.1, 0.15) is 29.5 Å². The summed E-state index contributed by atoms with van der Waals surface area (Å²) in [5.41, 5.74) is 4.00. The average Bonchev–Trinajstić information content (AvgIpc) is 2.59. The predicted octanol–water partition coefficient (Wildman–Crippen LogP) is 3.90. The lowest BCUT2D eigenvalue weighted by Gasteiger charge is -2.29. The number of urea groups is 1. The Balaban J connectivity index is 1.85. The van der Waals surface area contributed by atoms with E-state index in [-0.39, 0.29) is 11.9 Å². The molecule has 0 bridgehead atoms. The fourth-order valence-electron chi connectivity index (χ4n) is 2.88. The Morgan fingerprint density at radius 1 is 1.26 bits per heavy atom. The van der Waals surface area contributed by atoms with E-state index in [4.69, 9.17) is 0 Å². The van der Waals surface area contributed by atoms with Gasteiger partial charge in [0.25, 0.3) is 0 Å². The number of fused-ring (bicyclic) bond motifs is 1. The maximum Gasteiger partial charge on any atom is 0.322 e. The molecule has 2 aromatic rings. The second-order valence-corrected chi connectivity index (χ2v) is 5.73. The number of carbonyl (C=O) groups excluding carboxylic acids is 1. The van der Waals surface area contributed by atoms with Crippen molar-refractivity contribution in [1.29, 1.82) is 5.26 Å². The molecule has 116 valence electrons. The van der Waals surface area contributed by atoms with Gasteiger partial charge < -0.3 is 10.2 Å². The molecule has 0 saturated carbocycles. The highest BCUT2D eigenvalue weighted by Crippen LogP contribution is 2.29. The predicted molar refractivity (Wildman–Crippen MR) is 90.0 cm³/mol. The number of amides is 2. The van der Waals surface area contributed by atoms with Gasteiger partial charge in [-0.1, -0.05) is 42.5 Å². The lowest BCUT2D eigenvalue weighted by molar-refractivity contribution is 0.210. The van der Waals surface area contributed by atoms with Gasteiger partial charge in [-0.2, -0.15) is 5.26 Å². The van der Waals surface area contributed by atoms with E-state index >= 15 is 0 Å². The van der Waals surface area contributed by atoms with Crippen molar-refractivity contribution in [2.75, 3.05) is 11.9 Å². The van der Waals surface area contributed by atoms with Crippen molar-refractivity contribution in [1.82, 2.24) is 4.90 Å². The van der Waals surface area contributed by atoms with Crippen LogP contribution in [-0.2, 0) is 13.0 Å². The maximum absolute atomic E-state index is 12.0. The second-order valence-electron chi connectivity index (χ2n) is 5.73. The van der Waals surface area contributed by atoms with Crippen LogP contribution in [-0.4, -0.2) is 17.5 Å². The molecule has 0 spiro atoms. The molecule has 1 N–H and O–H groups in total. The third-order valence-electron chi connectivity index (χ3n) is 4.25. The normalized spacial score (nSPS) is 14.6. The summed E-state index contributed by atoms with van der Waals surface area (Å²) in [6.45, 7) is 3.26. The minimum Gasteiger partial charge on any atom is -0.320 e. The van der Waals surface area contributed by atoms with Gasteiger partial charge >= 0.3 is 6.03 Å². The smallest absolute Gasteiger partial charge is 0.320 e. The number of anilines is 1. The standard InChI is InChI=1S/C19H19N3O/c1-2-22-13-16-9-8-15(11-18(16)21-19(22)23)17(12-20)10-14-6-4-3-5-7-14/h3-9,11,17H,2,10,13H2,1H3,(H,21,23)/t17-/m1/s1. The van der Waals surface area contributed by atoms with Crippen LogP contribution < -0.4 is 5.32 Å². The summed E-state index contributed by atoms with van der Waals surface area (Å²) in [7, 11) is 0. The fourth-order valence-corrected chi connectivity index (χ4v) is 2.88. The summed E-state index contributed by atoms with van der Waals surface area (Å²) < 4.78 is 0. The first-order valence-electron chi connectivity index (χ1n) is 7.83. The van der Waals surface area contributed by atoms with Gasteiger partial charge in [0.15, 0.2) is 0 Å². The average molecular weight is 305 g/mol. The molecule has 0 radical (unpaired) electrons. The topological polar surface area (TPSA) is 56.1 Å². The molecule has 1 heterocycles. The van der Waals surface area contributed by atoms with Gasteiger partial charge in [0.2, 0.25) is 0 Å².